The van der Waals surface area contributed by atoms with Crippen LogP contribution in [0.2, 0.25) is 0 Å². The molecule has 6 aliphatic carbocycles. The number of hydrogen-bond acceptors (Lipinski definition) is 3. The van der Waals surface area contributed by atoms with Crippen molar-refractivity contribution in [1.29, 1.82) is 0 Å². The van der Waals surface area contributed by atoms with E-state index in [0.29, 0.717) is 41.5 Å². The molecular weight excluding hydrogens is 486 g/mol. The molecule has 39 heavy (non-hydrogen) atoms. The zero-order valence-electron chi connectivity index (χ0n) is 25.8. The Balaban J connectivity index is 1.29. The lowest BCUT2D eigenvalue weighted by Crippen LogP contribution is -2.67. The Morgan fingerprint density at radius 2 is 1.51 bits per heavy atom. The van der Waals surface area contributed by atoms with Gasteiger partial charge in [-0.25, -0.2) is 4.79 Å². The van der Waals surface area contributed by atoms with E-state index in [4.69, 9.17) is 4.74 Å². The van der Waals surface area contributed by atoms with Crippen LogP contribution in [0.4, 0.5) is 4.79 Å². The van der Waals surface area contributed by atoms with Crippen LogP contribution in [0, 0.1) is 62.6 Å². The Kier molecular flexibility index (Phi) is 6.34. The van der Waals surface area contributed by atoms with E-state index < -0.39 is 11.4 Å². The average molecular weight is 542 g/mol. The van der Waals surface area contributed by atoms with Crippen LogP contribution in [0.1, 0.15) is 126 Å². The number of aliphatic carboxylic acids is 1. The van der Waals surface area contributed by atoms with Gasteiger partial charge in [0.15, 0.2) is 0 Å². The molecule has 0 spiro atoms. The minimum Gasteiger partial charge on any atom is -0.481 e. The smallest absolute Gasteiger partial charge is 0.407 e. The number of hydrogen-bond donors (Lipinski definition) is 2. The van der Waals surface area contributed by atoms with Gasteiger partial charge in [0.05, 0.1) is 5.41 Å². The zero-order chi connectivity index (χ0) is 28.2. The molecule has 5 heteroatoms. The number of rotatable bonds is 4. The quantitative estimate of drug-likeness (QED) is 0.377. The van der Waals surface area contributed by atoms with Gasteiger partial charge in [0.25, 0.3) is 0 Å². The average Bonchev–Trinajstić information content (AvgIpc) is 3.56. The summed E-state index contributed by atoms with van der Waals surface area (Å²) in [6.07, 6.45) is 12.7. The molecule has 6 saturated carbocycles. The van der Waals surface area contributed by atoms with E-state index in [9.17, 15) is 14.7 Å². The topological polar surface area (TPSA) is 75.6 Å². The maximum atomic E-state index is 12.9. The summed E-state index contributed by atoms with van der Waals surface area (Å²) >= 11 is 0. The lowest BCUT2D eigenvalue weighted by Gasteiger charge is -2.72. The van der Waals surface area contributed by atoms with Crippen molar-refractivity contribution < 1.29 is 19.4 Å². The summed E-state index contributed by atoms with van der Waals surface area (Å²) in [5.74, 6) is 2.58. The van der Waals surface area contributed by atoms with Crippen LogP contribution in [-0.4, -0.2) is 29.3 Å². The summed E-state index contributed by atoms with van der Waals surface area (Å²) < 4.78 is 6.13. The van der Waals surface area contributed by atoms with Crippen molar-refractivity contribution in [3.05, 3.63) is 0 Å². The summed E-state index contributed by atoms with van der Waals surface area (Å²) in [4.78, 5) is 25.5. The fourth-order valence-corrected chi connectivity index (χ4v) is 12.5. The predicted molar refractivity (Wildman–Crippen MR) is 153 cm³/mol. The highest BCUT2D eigenvalue weighted by Crippen LogP contribution is 2.77. The van der Waals surface area contributed by atoms with Gasteiger partial charge in [-0.05, 0) is 129 Å². The first-order valence-corrected chi connectivity index (χ1v) is 16.4. The van der Waals surface area contributed by atoms with E-state index >= 15 is 0 Å². The first-order valence-electron chi connectivity index (χ1n) is 16.4. The standard InChI is InChI=1S/C34H55NO4/c1-20(2)22-12-17-34(28(36)37)19-18-32(6)23(27(22)34)10-11-25-31(5)15-14-26(39-29(38)35-21-8-9-21)30(3,4)24(31)13-16-33(25,32)7/h20-27H,8-19H2,1-7H3,(H,35,38)(H,36,37)/t22-,23+,24-,25+,26+,27+,31-,32+,33+,34-/m0/s1. The fourth-order valence-electron chi connectivity index (χ4n) is 12.5. The van der Waals surface area contributed by atoms with Crippen LogP contribution in [-0.2, 0) is 9.53 Å². The van der Waals surface area contributed by atoms with Crippen molar-refractivity contribution in [2.45, 2.75) is 138 Å². The summed E-state index contributed by atoms with van der Waals surface area (Å²) in [7, 11) is 0. The molecule has 6 rings (SSSR count). The highest BCUT2D eigenvalue weighted by Gasteiger charge is 2.72. The van der Waals surface area contributed by atoms with Gasteiger partial charge in [-0.1, -0.05) is 48.5 Å². The zero-order valence-corrected chi connectivity index (χ0v) is 25.8. The molecule has 0 bridgehead atoms. The van der Waals surface area contributed by atoms with Crippen LogP contribution < -0.4 is 5.32 Å². The van der Waals surface area contributed by atoms with Gasteiger partial charge < -0.3 is 15.2 Å². The van der Waals surface area contributed by atoms with Crippen molar-refractivity contribution in [2.24, 2.45) is 62.6 Å². The molecule has 0 aliphatic heterocycles. The van der Waals surface area contributed by atoms with Crippen LogP contribution in [0.3, 0.4) is 0 Å². The van der Waals surface area contributed by atoms with Gasteiger partial charge in [-0.15, -0.1) is 0 Å². The predicted octanol–water partition coefficient (Wildman–Crippen LogP) is 8.07. The second-order valence-electron chi connectivity index (χ2n) is 16.8. The lowest BCUT2D eigenvalue weighted by atomic mass is 9.32. The first kappa shape index (κ1) is 27.9. The highest BCUT2D eigenvalue weighted by atomic mass is 16.6. The Morgan fingerprint density at radius 3 is 2.15 bits per heavy atom. The van der Waals surface area contributed by atoms with Crippen LogP contribution in [0.5, 0.6) is 0 Å². The number of nitrogens with one attached hydrogen (secondary N) is 1. The molecule has 10 atom stereocenters. The van der Waals surface area contributed by atoms with Crippen molar-refractivity contribution in [3.63, 3.8) is 0 Å². The third-order valence-corrected chi connectivity index (χ3v) is 14.9. The molecule has 0 saturated heterocycles. The molecule has 0 unspecified atom stereocenters. The van der Waals surface area contributed by atoms with E-state index in [0.717, 1.165) is 51.4 Å². The highest BCUT2D eigenvalue weighted by molar-refractivity contribution is 5.76. The maximum absolute atomic E-state index is 12.9. The second-order valence-corrected chi connectivity index (χ2v) is 16.8. The first-order chi connectivity index (χ1) is 18.2. The monoisotopic (exact) mass is 541 g/mol. The number of alkyl carbamates (subject to hydrolysis) is 1. The van der Waals surface area contributed by atoms with E-state index in [-0.39, 0.29) is 33.9 Å². The van der Waals surface area contributed by atoms with E-state index in [1.54, 1.807) is 0 Å². The van der Waals surface area contributed by atoms with Crippen LogP contribution >= 0.6 is 0 Å². The molecule has 6 fully saturated rings. The van der Waals surface area contributed by atoms with Crippen molar-refractivity contribution in [3.8, 4) is 0 Å². The van der Waals surface area contributed by atoms with Gasteiger partial charge in [0, 0.05) is 11.5 Å². The molecule has 1 amide bonds. The van der Waals surface area contributed by atoms with Crippen molar-refractivity contribution >= 4 is 12.1 Å². The number of ether oxygens (including phenoxy) is 1. The van der Waals surface area contributed by atoms with E-state index in [1.807, 2.05) is 0 Å². The number of carbonyl (C=O) groups excluding carboxylic acids is 1. The molecular formula is C34H55NO4. The number of carbonyl (C=O) groups is 2. The molecule has 0 aromatic rings. The van der Waals surface area contributed by atoms with E-state index in [2.05, 4.69) is 53.8 Å². The normalized spacial score (nSPS) is 50.3. The van der Waals surface area contributed by atoms with Crippen LogP contribution in [0.15, 0.2) is 0 Å². The Morgan fingerprint density at radius 1 is 0.795 bits per heavy atom. The molecule has 0 aromatic carbocycles. The third kappa shape index (κ3) is 3.75. The summed E-state index contributed by atoms with van der Waals surface area (Å²) in [5.41, 5.74) is 0.0928. The minimum absolute atomic E-state index is 0.0261. The second kappa shape index (κ2) is 8.87. The minimum atomic E-state index is -0.508. The summed E-state index contributed by atoms with van der Waals surface area (Å²) in [6.45, 7) is 17.2. The van der Waals surface area contributed by atoms with Gasteiger partial charge in [0.1, 0.15) is 6.10 Å². The van der Waals surface area contributed by atoms with Crippen molar-refractivity contribution in [2.75, 3.05) is 0 Å². The molecule has 2 N–H and O–H groups in total. The third-order valence-electron chi connectivity index (χ3n) is 14.9. The maximum Gasteiger partial charge on any atom is 0.407 e. The molecule has 0 heterocycles. The molecule has 220 valence electrons. The summed E-state index contributed by atoms with van der Waals surface area (Å²) in [6, 6.07) is 0.325. The van der Waals surface area contributed by atoms with Gasteiger partial charge in [-0.3, -0.25) is 4.79 Å². The number of fused-ring (bicyclic) bond motifs is 7. The van der Waals surface area contributed by atoms with E-state index in [1.165, 1.54) is 25.7 Å². The molecule has 0 radical (unpaired) electrons. The summed E-state index contributed by atoms with van der Waals surface area (Å²) in [5, 5.41) is 13.7. The van der Waals surface area contributed by atoms with Gasteiger partial charge in [0.2, 0.25) is 0 Å². The molecule has 0 aromatic heterocycles. The van der Waals surface area contributed by atoms with Gasteiger partial charge in [-0.2, -0.15) is 0 Å². The Labute approximate surface area is 237 Å². The largest absolute Gasteiger partial charge is 0.481 e. The van der Waals surface area contributed by atoms with Gasteiger partial charge >= 0.3 is 12.1 Å². The Bertz CT molecular complexity index is 1020. The van der Waals surface area contributed by atoms with Crippen molar-refractivity contribution in [1.82, 2.24) is 5.32 Å². The number of carboxylic acids is 1. The Hall–Kier alpha value is -1.26. The fraction of sp³-hybridized carbons (Fsp3) is 0.941. The number of amides is 1. The number of carboxylic acid groups (broad SMARTS) is 1. The molecule has 5 nitrogen and oxygen atoms in total. The molecule has 6 aliphatic rings. The lowest BCUT2D eigenvalue weighted by molar-refractivity contribution is -0.249. The SMILES string of the molecule is CC(C)[C@@H]1CC[C@]2(C(=O)O)CC[C@]3(C)[C@H](CC[C@@H]4[C@@]5(C)CC[C@@H](OC(=O)NC6CC6)C(C)(C)[C@@H]5CC[C@]43C)[C@@H]12. The van der Waals surface area contributed by atoms with Crippen LogP contribution in [0.25, 0.3) is 0 Å².